The van der Waals surface area contributed by atoms with Crippen LogP contribution in [0.1, 0.15) is 23.6 Å². The number of rotatable bonds is 8. The Morgan fingerprint density at radius 2 is 1.57 bits per heavy atom. The molecule has 3 heteroatoms. The number of ether oxygens (including phenoxy) is 1. The normalized spacial score (nSPS) is 10.8. The van der Waals surface area contributed by atoms with E-state index < -0.39 is 0 Å². The zero-order valence-electron chi connectivity index (χ0n) is 16.1. The van der Waals surface area contributed by atoms with Gasteiger partial charge in [-0.2, -0.15) is 0 Å². The summed E-state index contributed by atoms with van der Waals surface area (Å²) in [6.07, 6.45) is 3.47. The molecular formula is C25H25NO2. The van der Waals surface area contributed by atoms with Gasteiger partial charge in [0.25, 0.3) is 0 Å². The number of amides is 1. The first-order chi connectivity index (χ1) is 13.7. The van der Waals surface area contributed by atoms with Crippen LogP contribution in [0.4, 0.5) is 0 Å². The molecule has 0 radical (unpaired) electrons. The summed E-state index contributed by atoms with van der Waals surface area (Å²) in [7, 11) is 0. The quantitative estimate of drug-likeness (QED) is 0.501. The van der Waals surface area contributed by atoms with Gasteiger partial charge in [0.2, 0.25) is 5.91 Å². The Balaban J connectivity index is 1.60. The number of hydrogen-bond donors (Lipinski definition) is 0. The number of hydrogen-bond acceptors (Lipinski definition) is 2. The summed E-state index contributed by atoms with van der Waals surface area (Å²) in [4.78, 5) is 14.4. The Hall–Kier alpha value is -3.33. The summed E-state index contributed by atoms with van der Waals surface area (Å²) in [5.74, 6) is 0.789. The maximum atomic E-state index is 12.6. The van der Waals surface area contributed by atoms with E-state index in [1.807, 2.05) is 103 Å². The summed E-state index contributed by atoms with van der Waals surface area (Å²) in [5.41, 5.74) is 3.19. The van der Waals surface area contributed by atoms with Crippen LogP contribution in [0.25, 0.3) is 6.08 Å². The van der Waals surface area contributed by atoms with Crippen molar-refractivity contribution in [3.63, 3.8) is 0 Å². The molecule has 0 saturated heterocycles. The second-order valence-electron chi connectivity index (χ2n) is 6.52. The zero-order valence-corrected chi connectivity index (χ0v) is 16.1. The first-order valence-corrected chi connectivity index (χ1v) is 9.52. The topological polar surface area (TPSA) is 29.5 Å². The van der Waals surface area contributed by atoms with E-state index in [0.717, 1.165) is 22.4 Å². The van der Waals surface area contributed by atoms with E-state index in [-0.39, 0.29) is 5.91 Å². The van der Waals surface area contributed by atoms with Crippen LogP contribution >= 0.6 is 0 Å². The van der Waals surface area contributed by atoms with Crippen LogP contribution in [0.5, 0.6) is 5.75 Å². The second-order valence-corrected chi connectivity index (χ2v) is 6.52. The minimum atomic E-state index is 0.00181. The van der Waals surface area contributed by atoms with Gasteiger partial charge in [-0.25, -0.2) is 0 Å². The van der Waals surface area contributed by atoms with E-state index in [4.69, 9.17) is 4.74 Å². The summed E-state index contributed by atoms with van der Waals surface area (Å²) >= 11 is 0. The highest BCUT2D eigenvalue weighted by molar-refractivity contribution is 5.91. The van der Waals surface area contributed by atoms with Gasteiger partial charge < -0.3 is 9.64 Å². The van der Waals surface area contributed by atoms with Crippen molar-refractivity contribution < 1.29 is 9.53 Å². The number of carbonyl (C=O) groups excluding carboxylic acids is 1. The van der Waals surface area contributed by atoms with Gasteiger partial charge in [0.1, 0.15) is 12.4 Å². The van der Waals surface area contributed by atoms with Gasteiger partial charge in [0.05, 0.1) is 0 Å². The van der Waals surface area contributed by atoms with Crippen molar-refractivity contribution in [3.8, 4) is 5.75 Å². The Labute approximate surface area is 166 Å². The van der Waals surface area contributed by atoms with Gasteiger partial charge >= 0.3 is 0 Å². The molecule has 0 fully saturated rings. The average molecular weight is 371 g/mol. The third kappa shape index (κ3) is 5.85. The molecule has 28 heavy (non-hydrogen) atoms. The lowest BCUT2D eigenvalue weighted by atomic mass is 10.2. The van der Waals surface area contributed by atoms with E-state index >= 15 is 0 Å². The zero-order chi connectivity index (χ0) is 19.6. The number of likely N-dealkylation sites (N-methyl/N-ethyl adjacent to an activating group) is 1. The molecule has 0 saturated carbocycles. The third-order valence-electron chi connectivity index (χ3n) is 4.43. The molecule has 0 aliphatic carbocycles. The highest BCUT2D eigenvalue weighted by Crippen LogP contribution is 2.16. The van der Waals surface area contributed by atoms with Crippen LogP contribution in [0.3, 0.4) is 0 Å². The smallest absolute Gasteiger partial charge is 0.246 e. The van der Waals surface area contributed by atoms with Crippen LogP contribution < -0.4 is 4.74 Å². The van der Waals surface area contributed by atoms with Crippen molar-refractivity contribution in [1.82, 2.24) is 4.90 Å². The third-order valence-corrected chi connectivity index (χ3v) is 4.43. The Morgan fingerprint density at radius 3 is 2.25 bits per heavy atom. The van der Waals surface area contributed by atoms with Crippen LogP contribution in [0.2, 0.25) is 0 Å². The fourth-order valence-electron chi connectivity index (χ4n) is 2.87. The van der Waals surface area contributed by atoms with Gasteiger partial charge in [-0.1, -0.05) is 72.8 Å². The average Bonchev–Trinajstić information content (AvgIpc) is 2.76. The van der Waals surface area contributed by atoms with Crippen LogP contribution in [0.15, 0.2) is 91.0 Å². The van der Waals surface area contributed by atoms with Crippen molar-refractivity contribution >= 4 is 12.0 Å². The molecule has 0 unspecified atom stereocenters. The molecule has 142 valence electrons. The molecule has 1 amide bonds. The van der Waals surface area contributed by atoms with Gasteiger partial charge in [-0.05, 0) is 41.8 Å². The fourth-order valence-corrected chi connectivity index (χ4v) is 2.87. The van der Waals surface area contributed by atoms with Gasteiger partial charge in [0.15, 0.2) is 0 Å². The number of nitrogens with zero attached hydrogens (tertiary/aromatic N) is 1. The Kier molecular flexibility index (Phi) is 7.02. The summed E-state index contributed by atoms with van der Waals surface area (Å²) in [6, 6.07) is 27.9. The second kappa shape index (κ2) is 10.1. The van der Waals surface area contributed by atoms with Gasteiger partial charge in [-0.3, -0.25) is 4.79 Å². The number of benzene rings is 3. The number of carbonyl (C=O) groups is 1. The summed E-state index contributed by atoms with van der Waals surface area (Å²) in [6.45, 7) is 3.79. The fraction of sp³-hybridized carbons (Fsp3) is 0.160. The lowest BCUT2D eigenvalue weighted by Gasteiger charge is -2.19. The maximum absolute atomic E-state index is 12.6. The minimum absolute atomic E-state index is 0.00181. The van der Waals surface area contributed by atoms with Crippen LogP contribution in [-0.2, 0) is 17.9 Å². The predicted octanol–water partition coefficient (Wildman–Crippen LogP) is 5.33. The van der Waals surface area contributed by atoms with Crippen molar-refractivity contribution in [2.45, 2.75) is 20.1 Å². The first kappa shape index (κ1) is 19.4. The molecule has 3 aromatic carbocycles. The molecule has 0 aromatic heterocycles. The lowest BCUT2D eigenvalue weighted by molar-refractivity contribution is -0.126. The molecule has 0 atom stereocenters. The van der Waals surface area contributed by atoms with Crippen LogP contribution in [0, 0.1) is 0 Å². The van der Waals surface area contributed by atoms with E-state index in [1.54, 1.807) is 6.08 Å². The van der Waals surface area contributed by atoms with Crippen LogP contribution in [-0.4, -0.2) is 17.4 Å². The molecule has 0 spiro atoms. The maximum Gasteiger partial charge on any atom is 0.246 e. The summed E-state index contributed by atoms with van der Waals surface area (Å²) < 4.78 is 5.86. The lowest BCUT2D eigenvalue weighted by Crippen LogP contribution is -2.28. The Morgan fingerprint density at radius 1 is 0.893 bits per heavy atom. The molecule has 3 nitrogen and oxygen atoms in total. The minimum Gasteiger partial charge on any atom is -0.489 e. The highest BCUT2D eigenvalue weighted by Gasteiger charge is 2.08. The van der Waals surface area contributed by atoms with Crippen molar-refractivity contribution in [1.29, 1.82) is 0 Å². The van der Waals surface area contributed by atoms with Gasteiger partial charge in [0, 0.05) is 19.2 Å². The molecule has 0 heterocycles. The highest BCUT2D eigenvalue weighted by atomic mass is 16.5. The molecule has 0 bridgehead atoms. The molecule has 0 aliphatic rings. The van der Waals surface area contributed by atoms with Crippen molar-refractivity contribution in [2.75, 3.05) is 6.54 Å². The van der Waals surface area contributed by atoms with Gasteiger partial charge in [-0.15, -0.1) is 0 Å². The molecule has 3 rings (SSSR count). The first-order valence-electron chi connectivity index (χ1n) is 9.52. The predicted molar refractivity (Wildman–Crippen MR) is 114 cm³/mol. The van der Waals surface area contributed by atoms with E-state index in [0.29, 0.717) is 19.7 Å². The van der Waals surface area contributed by atoms with E-state index in [9.17, 15) is 4.79 Å². The molecule has 3 aromatic rings. The molecular weight excluding hydrogens is 346 g/mol. The SMILES string of the molecule is CCN(Cc1ccccc1)C(=O)/C=C/c1cccc(OCc2ccccc2)c1. The monoisotopic (exact) mass is 371 g/mol. The standard InChI is InChI=1S/C25H25NO2/c1-2-26(19-22-10-5-3-6-11-22)25(27)17-16-21-14-9-15-24(18-21)28-20-23-12-7-4-8-13-23/h3-18H,2,19-20H2,1H3/b17-16+. The van der Waals surface area contributed by atoms with Crippen molar-refractivity contribution in [3.05, 3.63) is 108 Å². The largest absolute Gasteiger partial charge is 0.489 e. The molecule has 0 aliphatic heterocycles. The Bertz CT molecular complexity index is 904. The van der Waals surface area contributed by atoms with E-state index in [1.165, 1.54) is 0 Å². The molecule has 0 N–H and O–H groups in total. The summed E-state index contributed by atoms with van der Waals surface area (Å²) in [5, 5.41) is 0. The van der Waals surface area contributed by atoms with Crippen molar-refractivity contribution in [2.24, 2.45) is 0 Å². The van der Waals surface area contributed by atoms with E-state index in [2.05, 4.69) is 0 Å².